The van der Waals surface area contributed by atoms with Crippen LogP contribution in [0.3, 0.4) is 0 Å². The van der Waals surface area contributed by atoms with Gasteiger partial charge in [-0.2, -0.15) is 11.6 Å². The van der Waals surface area contributed by atoms with Crippen LogP contribution in [0.4, 0.5) is 0 Å². The van der Waals surface area contributed by atoms with Crippen LogP contribution in [0.5, 0.6) is 0 Å². The van der Waals surface area contributed by atoms with Crippen LogP contribution in [0.25, 0.3) is 16.7 Å². The van der Waals surface area contributed by atoms with E-state index in [9.17, 15) is 0 Å². The third-order valence-corrected chi connectivity index (χ3v) is 5.44. The molecule has 0 heterocycles. The summed E-state index contributed by atoms with van der Waals surface area (Å²) in [4.78, 5) is 0. The van der Waals surface area contributed by atoms with Crippen molar-refractivity contribution in [3.63, 3.8) is 0 Å². The second-order valence-electron chi connectivity index (χ2n) is 7.25. The maximum absolute atomic E-state index is 3.86. The van der Waals surface area contributed by atoms with E-state index in [-0.39, 0.29) is 31.9 Å². The van der Waals surface area contributed by atoms with Gasteiger partial charge in [-0.3, -0.25) is 0 Å². The second-order valence-corrected chi connectivity index (χ2v) is 7.25. The Labute approximate surface area is 197 Å². The number of benzene rings is 4. The number of hydrogen-bond acceptors (Lipinski definition) is 0. The molecule has 149 valence electrons. The Morgan fingerprint density at radius 3 is 1.42 bits per heavy atom. The topological polar surface area (TPSA) is 0 Å². The summed E-state index contributed by atoms with van der Waals surface area (Å²) >= 11 is 0. The molecule has 0 fully saturated rings. The molecule has 0 N–H and O–H groups in total. The van der Waals surface area contributed by atoms with Gasteiger partial charge in [0.05, 0.1) is 0 Å². The summed E-state index contributed by atoms with van der Waals surface area (Å²) in [6.45, 7) is 0. The van der Waals surface area contributed by atoms with E-state index in [2.05, 4.69) is 127 Å². The zero-order chi connectivity index (χ0) is 19.5. The Morgan fingerprint density at radius 1 is 0.484 bits per heavy atom. The minimum absolute atomic E-state index is 0. The minimum atomic E-state index is 0. The van der Waals surface area contributed by atoms with Crippen LogP contribution in [0.2, 0.25) is 0 Å². The minimum Gasteiger partial charge on any atom is -0.358 e. The van der Waals surface area contributed by atoms with Gasteiger partial charge in [-0.05, 0) is 17.0 Å². The maximum atomic E-state index is 3.86. The Morgan fingerprint density at radius 2 is 0.903 bits per heavy atom. The van der Waals surface area contributed by atoms with Crippen LogP contribution in [0.15, 0.2) is 121 Å². The fraction of sp³-hybridized carbons (Fsp3) is 0.0333. The first-order valence-electron chi connectivity index (χ1n) is 10.0. The molecule has 1 heteroatoms. The molecule has 1 radical (unpaired) electrons. The fourth-order valence-corrected chi connectivity index (χ4v) is 4.13. The molecule has 0 aliphatic heterocycles. The van der Waals surface area contributed by atoms with E-state index < -0.39 is 0 Å². The van der Waals surface area contributed by atoms with E-state index >= 15 is 0 Å². The van der Waals surface area contributed by atoms with Gasteiger partial charge in [0.25, 0.3) is 0 Å². The summed E-state index contributed by atoms with van der Waals surface area (Å²) < 4.78 is 0. The molecular formula is C30H24V. The van der Waals surface area contributed by atoms with E-state index in [1.165, 1.54) is 39.0 Å². The van der Waals surface area contributed by atoms with Gasteiger partial charge in [-0.15, -0.1) is 23.3 Å². The van der Waals surface area contributed by atoms with Crippen LogP contribution in [0, 0.1) is 13.5 Å². The summed E-state index contributed by atoms with van der Waals surface area (Å²) in [7, 11) is 0. The van der Waals surface area contributed by atoms with Crippen LogP contribution in [0.1, 0.15) is 28.2 Å². The molecule has 0 aromatic heterocycles. The normalized spacial score (nSPS) is 15.0. The van der Waals surface area contributed by atoms with Gasteiger partial charge < -0.3 is 7.43 Å². The molecule has 4 aromatic carbocycles. The predicted octanol–water partition coefficient (Wildman–Crippen LogP) is 7.73. The molecule has 1 aliphatic carbocycles. The third kappa shape index (κ3) is 4.51. The van der Waals surface area contributed by atoms with Gasteiger partial charge in [0.15, 0.2) is 0 Å². The van der Waals surface area contributed by atoms with Crippen molar-refractivity contribution in [2.24, 2.45) is 0 Å². The van der Waals surface area contributed by atoms with Gasteiger partial charge in [-0.1, -0.05) is 120 Å². The Balaban J connectivity index is 0.00000136. The first-order valence-corrected chi connectivity index (χ1v) is 10.0. The van der Waals surface area contributed by atoms with Crippen LogP contribution < -0.4 is 0 Å². The van der Waals surface area contributed by atoms with Gasteiger partial charge in [-0.25, -0.2) is 0 Å². The Hall–Kier alpha value is -3.06. The molecule has 0 bridgehead atoms. The smallest absolute Gasteiger partial charge is 0.358 e. The van der Waals surface area contributed by atoms with Gasteiger partial charge in [0, 0.05) is 0 Å². The molecule has 4 aromatic rings. The van der Waals surface area contributed by atoms with E-state index in [4.69, 9.17) is 0 Å². The SMILES string of the molecule is [C-]1=C(c2ccccc2)C(c2ccccc2)=C(c2ccccc2)C1c1ccccc1.[CH3-].[V+2]. The summed E-state index contributed by atoms with van der Waals surface area (Å²) in [5, 5.41) is 0. The van der Waals surface area contributed by atoms with Gasteiger partial charge in [0.1, 0.15) is 0 Å². The summed E-state index contributed by atoms with van der Waals surface area (Å²) in [5.41, 5.74) is 8.74. The predicted molar refractivity (Wildman–Crippen MR) is 128 cm³/mol. The summed E-state index contributed by atoms with van der Waals surface area (Å²) in [5.74, 6) is 0.101. The molecule has 1 atom stereocenters. The maximum Gasteiger partial charge on any atom is 2.00 e. The number of rotatable bonds is 4. The Bertz CT molecular complexity index is 1160. The van der Waals surface area contributed by atoms with Crippen LogP contribution >= 0.6 is 0 Å². The van der Waals surface area contributed by atoms with E-state index in [1.807, 2.05) is 0 Å². The summed E-state index contributed by atoms with van der Waals surface area (Å²) in [6.07, 6.45) is 3.86. The first-order chi connectivity index (χ1) is 14.4. The van der Waals surface area contributed by atoms with Crippen molar-refractivity contribution in [2.75, 3.05) is 0 Å². The molecule has 0 spiro atoms. The van der Waals surface area contributed by atoms with Crippen molar-refractivity contribution >= 4 is 16.7 Å². The first kappa shape index (κ1) is 22.6. The molecule has 0 amide bonds. The number of hydrogen-bond donors (Lipinski definition) is 0. The third-order valence-electron chi connectivity index (χ3n) is 5.44. The second kappa shape index (κ2) is 10.3. The standard InChI is InChI=1S/C29H21.CH3.V/c1-5-13-22(14-6-1)26-21-27(23-15-7-2-8-16-23)29(25-19-11-4-12-20-25)28(26)24-17-9-3-10-18-24;;/h1-20,26H;1H3;/q2*-1;+2. The van der Waals surface area contributed by atoms with Gasteiger partial charge >= 0.3 is 18.6 Å². The van der Waals surface area contributed by atoms with Gasteiger partial charge in [0.2, 0.25) is 0 Å². The van der Waals surface area contributed by atoms with Crippen molar-refractivity contribution < 1.29 is 18.6 Å². The molecule has 5 rings (SSSR count). The van der Waals surface area contributed by atoms with Crippen LogP contribution in [-0.4, -0.2) is 0 Å². The van der Waals surface area contributed by atoms with Crippen molar-refractivity contribution in [3.05, 3.63) is 157 Å². The zero-order valence-corrected chi connectivity index (χ0v) is 19.0. The molecule has 31 heavy (non-hydrogen) atoms. The van der Waals surface area contributed by atoms with Crippen molar-refractivity contribution in [1.29, 1.82) is 0 Å². The summed E-state index contributed by atoms with van der Waals surface area (Å²) in [6, 6.07) is 42.8. The molecule has 0 saturated carbocycles. The van der Waals surface area contributed by atoms with E-state index in [0.717, 1.165) is 0 Å². The molecule has 0 nitrogen and oxygen atoms in total. The largest absolute Gasteiger partial charge is 2.00 e. The van der Waals surface area contributed by atoms with Crippen molar-refractivity contribution in [3.8, 4) is 0 Å². The van der Waals surface area contributed by atoms with E-state index in [0.29, 0.717) is 0 Å². The van der Waals surface area contributed by atoms with E-state index in [1.54, 1.807) is 0 Å². The molecular weight excluding hydrogens is 411 g/mol. The van der Waals surface area contributed by atoms with Crippen molar-refractivity contribution in [2.45, 2.75) is 5.92 Å². The fourth-order valence-electron chi connectivity index (χ4n) is 4.13. The average Bonchev–Trinajstić information content (AvgIpc) is 3.22. The average molecular weight is 435 g/mol. The van der Waals surface area contributed by atoms with Crippen molar-refractivity contribution in [1.82, 2.24) is 0 Å². The quantitative estimate of drug-likeness (QED) is 0.288. The van der Waals surface area contributed by atoms with Crippen LogP contribution in [-0.2, 0) is 18.6 Å². The zero-order valence-electron chi connectivity index (χ0n) is 17.6. The number of allylic oxidation sites excluding steroid dienone is 4. The Kier molecular flexibility index (Phi) is 7.52. The molecule has 0 saturated heterocycles. The molecule has 1 unspecified atom stereocenters. The monoisotopic (exact) mass is 435 g/mol. The molecule has 1 aliphatic rings.